The molecule has 0 aliphatic rings. The fourth-order valence-corrected chi connectivity index (χ4v) is 2.30. The molecule has 22 heavy (non-hydrogen) atoms. The SMILES string of the molecule is COC(C)(C)c1noc(CN(C)Cc2c(C)nn(C)c2Cl)n1. The van der Waals surface area contributed by atoms with Gasteiger partial charge in [0.1, 0.15) is 10.8 Å². The van der Waals surface area contributed by atoms with Gasteiger partial charge in [0, 0.05) is 26.3 Å². The lowest BCUT2D eigenvalue weighted by Gasteiger charge is -2.17. The van der Waals surface area contributed by atoms with Crippen LogP contribution in [0.5, 0.6) is 0 Å². The summed E-state index contributed by atoms with van der Waals surface area (Å²) in [5, 5.41) is 8.94. The molecule has 0 saturated heterocycles. The van der Waals surface area contributed by atoms with Gasteiger partial charge in [0.2, 0.25) is 11.7 Å². The number of aromatic nitrogens is 4. The molecular weight excluding hydrogens is 306 g/mol. The molecule has 0 aliphatic carbocycles. The second-order valence-corrected chi connectivity index (χ2v) is 6.23. The minimum atomic E-state index is -0.566. The normalized spacial score (nSPS) is 12.4. The van der Waals surface area contributed by atoms with Gasteiger partial charge in [0.25, 0.3) is 0 Å². The molecule has 2 rings (SSSR count). The van der Waals surface area contributed by atoms with Gasteiger partial charge in [0.15, 0.2) is 0 Å². The fourth-order valence-electron chi connectivity index (χ4n) is 2.07. The van der Waals surface area contributed by atoms with E-state index >= 15 is 0 Å². The molecule has 0 fully saturated rings. The maximum atomic E-state index is 6.25. The van der Waals surface area contributed by atoms with Crippen molar-refractivity contribution in [2.45, 2.75) is 39.5 Å². The Labute approximate surface area is 135 Å². The Hall–Kier alpha value is -1.44. The number of ether oxygens (including phenoxy) is 1. The molecule has 0 amide bonds. The van der Waals surface area contributed by atoms with E-state index in [1.165, 1.54) is 0 Å². The summed E-state index contributed by atoms with van der Waals surface area (Å²) in [7, 11) is 5.42. The first-order chi connectivity index (χ1) is 10.2. The van der Waals surface area contributed by atoms with Crippen LogP contribution in [0.15, 0.2) is 4.52 Å². The zero-order valence-corrected chi connectivity index (χ0v) is 14.6. The summed E-state index contributed by atoms with van der Waals surface area (Å²) < 4.78 is 12.3. The number of nitrogens with zero attached hydrogens (tertiary/aromatic N) is 5. The number of halogens is 1. The molecule has 0 unspecified atom stereocenters. The second-order valence-electron chi connectivity index (χ2n) is 5.88. The van der Waals surface area contributed by atoms with Crippen molar-refractivity contribution in [1.29, 1.82) is 0 Å². The summed E-state index contributed by atoms with van der Waals surface area (Å²) >= 11 is 6.25. The van der Waals surface area contributed by atoms with Gasteiger partial charge in [0.05, 0.1) is 12.2 Å². The van der Waals surface area contributed by atoms with Crippen molar-refractivity contribution in [2.75, 3.05) is 14.2 Å². The Bertz CT molecular complexity index is 650. The van der Waals surface area contributed by atoms with Crippen molar-refractivity contribution >= 4 is 11.6 Å². The van der Waals surface area contributed by atoms with Gasteiger partial charge >= 0.3 is 0 Å². The molecule has 2 heterocycles. The predicted octanol–water partition coefficient (Wildman–Crippen LogP) is 2.28. The van der Waals surface area contributed by atoms with E-state index in [0.29, 0.717) is 30.0 Å². The Morgan fingerprint density at radius 3 is 2.59 bits per heavy atom. The lowest BCUT2D eigenvalue weighted by molar-refractivity contribution is 0.00973. The van der Waals surface area contributed by atoms with Crippen LogP contribution >= 0.6 is 11.6 Å². The van der Waals surface area contributed by atoms with Crippen molar-refractivity contribution in [1.82, 2.24) is 24.8 Å². The lowest BCUT2D eigenvalue weighted by Crippen LogP contribution is -2.22. The summed E-state index contributed by atoms with van der Waals surface area (Å²) in [6, 6.07) is 0. The third-order valence-electron chi connectivity index (χ3n) is 3.62. The smallest absolute Gasteiger partial charge is 0.240 e. The van der Waals surface area contributed by atoms with E-state index in [4.69, 9.17) is 20.9 Å². The van der Waals surface area contributed by atoms with Crippen LogP contribution in [0.4, 0.5) is 0 Å². The van der Waals surface area contributed by atoms with Crippen LogP contribution in [-0.4, -0.2) is 39.0 Å². The third kappa shape index (κ3) is 3.48. The molecular formula is C14H22ClN5O2. The summed E-state index contributed by atoms with van der Waals surface area (Å²) in [5.74, 6) is 1.08. The van der Waals surface area contributed by atoms with Crippen LogP contribution < -0.4 is 0 Å². The molecule has 2 aromatic rings. The summed E-state index contributed by atoms with van der Waals surface area (Å²) in [4.78, 5) is 6.43. The average molecular weight is 328 g/mol. The van der Waals surface area contributed by atoms with Crippen molar-refractivity contribution in [2.24, 2.45) is 7.05 Å². The highest BCUT2D eigenvalue weighted by atomic mass is 35.5. The maximum absolute atomic E-state index is 6.25. The summed E-state index contributed by atoms with van der Waals surface area (Å²) in [6.45, 7) is 6.91. The van der Waals surface area contributed by atoms with E-state index in [1.807, 2.05) is 39.8 Å². The molecule has 0 bridgehead atoms. The molecule has 0 N–H and O–H groups in total. The topological polar surface area (TPSA) is 69.2 Å². The van der Waals surface area contributed by atoms with Crippen molar-refractivity contribution in [3.05, 3.63) is 28.1 Å². The maximum Gasteiger partial charge on any atom is 0.240 e. The Morgan fingerprint density at radius 1 is 1.36 bits per heavy atom. The first-order valence-corrected chi connectivity index (χ1v) is 7.37. The molecule has 7 nitrogen and oxygen atoms in total. The van der Waals surface area contributed by atoms with E-state index in [1.54, 1.807) is 11.8 Å². The van der Waals surface area contributed by atoms with E-state index in [0.717, 1.165) is 11.3 Å². The van der Waals surface area contributed by atoms with E-state index in [2.05, 4.69) is 15.2 Å². The molecule has 2 aromatic heterocycles. The molecule has 0 atom stereocenters. The largest absolute Gasteiger partial charge is 0.371 e. The second kappa shape index (κ2) is 6.36. The van der Waals surface area contributed by atoms with Crippen LogP contribution in [0.2, 0.25) is 5.15 Å². The highest BCUT2D eigenvalue weighted by molar-refractivity contribution is 6.30. The van der Waals surface area contributed by atoms with Crippen molar-refractivity contribution < 1.29 is 9.26 Å². The minimum absolute atomic E-state index is 0.525. The standard InChI is InChI=1S/C14H22ClN5O2/c1-9-10(12(15)20(5)17-9)7-19(4)8-11-16-13(18-22-11)14(2,3)21-6/h7-8H2,1-6H3. The van der Waals surface area contributed by atoms with Crippen molar-refractivity contribution in [3.63, 3.8) is 0 Å². The van der Waals surface area contributed by atoms with E-state index in [9.17, 15) is 0 Å². The predicted molar refractivity (Wildman–Crippen MR) is 82.5 cm³/mol. The first-order valence-electron chi connectivity index (χ1n) is 6.99. The van der Waals surface area contributed by atoms with E-state index < -0.39 is 5.60 Å². The van der Waals surface area contributed by atoms with Crippen LogP contribution in [0, 0.1) is 6.92 Å². The van der Waals surface area contributed by atoms with Crippen LogP contribution in [0.3, 0.4) is 0 Å². The van der Waals surface area contributed by atoms with E-state index in [-0.39, 0.29) is 0 Å². The van der Waals surface area contributed by atoms with Gasteiger partial charge in [-0.2, -0.15) is 10.1 Å². The number of rotatable bonds is 6. The highest BCUT2D eigenvalue weighted by Crippen LogP contribution is 2.22. The summed E-state index contributed by atoms with van der Waals surface area (Å²) in [5.41, 5.74) is 1.36. The van der Waals surface area contributed by atoms with Crippen molar-refractivity contribution in [3.8, 4) is 0 Å². The quantitative estimate of drug-likeness (QED) is 0.810. The van der Waals surface area contributed by atoms with Crippen LogP contribution in [0.1, 0.15) is 36.8 Å². The Kier molecular flexibility index (Phi) is 4.89. The molecule has 0 aliphatic heterocycles. The first kappa shape index (κ1) is 16.9. The molecule has 8 heteroatoms. The van der Waals surface area contributed by atoms with Crippen LogP contribution in [0.25, 0.3) is 0 Å². The lowest BCUT2D eigenvalue weighted by atomic mass is 10.1. The number of aryl methyl sites for hydroxylation is 2. The zero-order valence-electron chi connectivity index (χ0n) is 13.8. The van der Waals surface area contributed by atoms with Gasteiger partial charge in [-0.25, -0.2) is 0 Å². The monoisotopic (exact) mass is 327 g/mol. The minimum Gasteiger partial charge on any atom is -0.371 e. The van der Waals surface area contributed by atoms with Gasteiger partial charge in [-0.15, -0.1) is 0 Å². The third-order valence-corrected chi connectivity index (χ3v) is 4.09. The molecule has 0 spiro atoms. The van der Waals surface area contributed by atoms with Gasteiger partial charge in [-0.05, 0) is 27.8 Å². The molecule has 0 aromatic carbocycles. The van der Waals surface area contributed by atoms with Gasteiger partial charge in [-0.1, -0.05) is 16.8 Å². The fraction of sp³-hybridized carbons (Fsp3) is 0.643. The molecule has 0 radical (unpaired) electrons. The summed E-state index contributed by atoms with van der Waals surface area (Å²) in [6.07, 6.45) is 0. The molecule has 122 valence electrons. The van der Waals surface area contributed by atoms with Gasteiger partial charge in [-0.3, -0.25) is 9.58 Å². The highest BCUT2D eigenvalue weighted by Gasteiger charge is 2.26. The number of methoxy groups -OCH3 is 1. The van der Waals surface area contributed by atoms with Gasteiger partial charge < -0.3 is 9.26 Å². The number of hydrogen-bond acceptors (Lipinski definition) is 6. The average Bonchev–Trinajstić information content (AvgIpc) is 3.00. The number of hydrogen-bond donors (Lipinski definition) is 0. The Balaban J connectivity index is 2.05. The van der Waals surface area contributed by atoms with Crippen LogP contribution in [-0.2, 0) is 30.5 Å². The molecule has 0 saturated carbocycles. The zero-order chi connectivity index (χ0) is 16.5. The Morgan fingerprint density at radius 2 is 2.05 bits per heavy atom.